The van der Waals surface area contributed by atoms with E-state index in [0.29, 0.717) is 30.8 Å². The smallest absolute Gasteiger partial charge is 0.235 e. The van der Waals surface area contributed by atoms with Crippen molar-refractivity contribution in [3.05, 3.63) is 46.7 Å². The standard InChI is InChI=1S/C16H16N2O3S2/c19-15-16(13-3-1-2-4-14(13)17-15)6-8-18(9-7-16)23(20,21)12-5-10-22-11-12/h1-5,10-11H,6-9H2,(H-,17,19,20,21). The fourth-order valence-corrected chi connectivity index (χ4v) is 5.98. The van der Waals surface area contributed by atoms with Crippen LogP contribution in [0.3, 0.4) is 0 Å². The normalized spacial score (nSPS) is 22.6. The number of fused-ring (bicyclic) bond motifs is 2. The first-order valence-electron chi connectivity index (χ1n) is 7.47. The second-order valence-corrected chi connectivity index (χ2v) is 8.66. The number of carbonyl (C=O) groups is 1. The third-order valence-corrected chi connectivity index (χ3v) is 7.56. The summed E-state index contributed by atoms with van der Waals surface area (Å²) >= 11 is 1.37. The summed E-state index contributed by atoms with van der Waals surface area (Å²) in [5.41, 5.74) is 1.27. The van der Waals surface area contributed by atoms with Gasteiger partial charge < -0.3 is 9.87 Å². The van der Waals surface area contributed by atoms with Crippen molar-refractivity contribution in [2.24, 2.45) is 0 Å². The number of nitrogens with zero attached hydrogens (tertiary/aromatic N) is 1. The average Bonchev–Trinajstić information content (AvgIpc) is 3.17. The Morgan fingerprint density at radius 2 is 1.96 bits per heavy atom. The van der Waals surface area contributed by atoms with Crippen LogP contribution >= 0.6 is 11.3 Å². The number of rotatable bonds is 2. The van der Waals surface area contributed by atoms with Crippen LogP contribution in [0.5, 0.6) is 0 Å². The van der Waals surface area contributed by atoms with Gasteiger partial charge in [0.05, 0.1) is 5.41 Å². The van der Waals surface area contributed by atoms with E-state index in [1.807, 2.05) is 24.3 Å². The number of benzene rings is 1. The molecule has 3 heterocycles. The molecule has 1 spiro atoms. The minimum absolute atomic E-state index is 0.00807. The highest BCUT2D eigenvalue weighted by Gasteiger charge is 2.50. The Morgan fingerprint density at radius 1 is 1.22 bits per heavy atom. The number of para-hydroxylation sites is 1. The topological polar surface area (TPSA) is 72.5 Å². The van der Waals surface area contributed by atoms with Crippen molar-refractivity contribution in [3.8, 4) is 0 Å². The highest BCUT2D eigenvalue weighted by atomic mass is 32.3. The molecule has 2 aliphatic heterocycles. The molecular formula is C16H16N2O3S2. The predicted molar refractivity (Wildman–Crippen MR) is 89.0 cm³/mol. The molecule has 7 heteroatoms. The molecule has 4 rings (SSSR count). The van der Waals surface area contributed by atoms with Gasteiger partial charge in [-0.3, -0.25) is 4.79 Å². The molecule has 5 nitrogen and oxygen atoms in total. The Balaban J connectivity index is 1.60. The molecular weight excluding hydrogens is 332 g/mol. The lowest BCUT2D eigenvalue weighted by Crippen LogP contribution is -2.49. The van der Waals surface area contributed by atoms with Crippen molar-refractivity contribution in [1.82, 2.24) is 4.31 Å². The number of nitrogens with one attached hydrogen (secondary N) is 1. The summed E-state index contributed by atoms with van der Waals surface area (Å²) in [4.78, 5) is 12.9. The van der Waals surface area contributed by atoms with Gasteiger partial charge in [0.2, 0.25) is 5.91 Å². The molecule has 1 aromatic heterocycles. The summed E-state index contributed by atoms with van der Waals surface area (Å²) in [6.45, 7) is 0.722. The van der Waals surface area contributed by atoms with Crippen molar-refractivity contribution in [2.75, 3.05) is 18.4 Å². The molecule has 1 amide bonds. The predicted octanol–water partition coefficient (Wildman–Crippen LogP) is 2.64. The van der Waals surface area contributed by atoms with Crippen LogP contribution in [-0.4, -0.2) is 27.9 Å². The van der Waals surface area contributed by atoms with Gasteiger partial charge >= 0.3 is 0 Å². The highest BCUT2D eigenvalue weighted by molar-refractivity contribution is 7.95. The number of piperidine rings is 1. The first-order valence-corrected chi connectivity index (χ1v) is 9.86. The molecule has 1 aromatic carbocycles. The zero-order chi connectivity index (χ0) is 16.1. The molecule has 0 bridgehead atoms. The molecule has 0 aliphatic carbocycles. The lowest BCUT2D eigenvalue weighted by Gasteiger charge is -2.38. The largest absolute Gasteiger partial charge is 0.593 e. The van der Waals surface area contributed by atoms with E-state index in [1.54, 1.807) is 16.8 Å². The maximum Gasteiger partial charge on any atom is 0.235 e. The molecule has 0 radical (unpaired) electrons. The van der Waals surface area contributed by atoms with Gasteiger partial charge in [0.15, 0.2) is 15.3 Å². The van der Waals surface area contributed by atoms with E-state index >= 15 is 0 Å². The minimum Gasteiger partial charge on any atom is -0.593 e. The van der Waals surface area contributed by atoms with Gasteiger partial charge in [0, 0.05) is 30.2 Å². The molecule has 23 heavy (non-hydrogen) atoms. The molecule has 2 aromatic rings. The van der Waals surface area contributed by atoms with Crippen LogP contribution in [0.25, 0.3) is 0 Å². The Labute approximate surface area is 139 Å². The van der Waals surface area contributed by atoms with E-state index in [9.17, 15) is 13.6 Å². The maximum absolute atomic E-state index is 12.6. The summed E-state index contributed by atoms with van der Waals surface area (Å²) in [5.74, 6) is -0.00807. The lowest BCUT2D eigenvalue weighted by molar-refractivity contribution is -0.122. The van der Waals surface area contributed by atoms with Crippen molar-refractivity contribution in [2.45, 2.75) is 23.2 Å². The number of amides is 1. The monoisotopic (exact) mass is 348 g/mol. The summed E-state index contributed by atoms with van der Waals surface area (Å²) in [7, 11) is -3.45. The quantitative estimate of drug-likeness (QED) is 0.848. The highest BCUT2D eigenvalue weighted by Crippen LogP contribution is 2.45. The number of anilines is 1. The van der Waals surface area contributed by atoms with Crippen molar-refractivity contribution in [3.63, 3.8) is 0 Å². The van der Waals surface area contributed by atoms with Crippen molar-refractivity contribution in [1.29, 1.82) is 0 Å². The van der Waals surface area contributed by atoms with Gasteiger partial charge in [0.1, 0.15) is 0 Å². The van der Waals surface area contributed by atoms with Crippen LogP contribution in [-0.2, 0) is 24.8 Å². The van der Waals surface area contributed by atoms with Gasteiger partial charge in [-0.25, -0.2) is 0 Å². The van der Waals surface area contributed by atoms with Gasteiger partial charge in [-0.2, -0.15) is 0 Å². The maximum atomic E-state index is 12.6. The molecule has 2 aliphatic rings. The molecule has 120 valence electrons. The SMILES string of the molecule is O=C1Nc2ccccc2C12CCN([S+](=O)([O-])c1ccsc1)CC2. The van der Waals surface area contributed by atoms with Gasteiger partial charge in [-0.1, -0.05) is 22.4 Å². The Morgan fingerprint density at radius 3 is 2.65 bits per heavy atom. The first kappa shape index (κ1) is 15.0. The van der Waals surface area contributed by atoms with E-state index in [4.69, 9.17) is 0 Å². The third-order valence-electron chi connectivity index (χ3n) is 4.83. The van der Waals surface area contributed by atoms with E-state index < -0.39 is 15.8 Å². The molecule has 0 saturated carbocycles. The minimum atomic E-state index is -3.45. The second-order valence-electron chi connectivity index (χ2n) is 5.94. The van der Waals surface area contributed by atoms with Crippen LogP contribution in [0.4, 0.5) is 5.69 Å². The number of thiophene rings is 1. The van der Waals surface area contributed by atoms with E-state index in [0.717, 1.165) is 11.3 Å². The number of hydrogen-bond acceptors (Lipinski definition) is 4. The van der Waals surface area contributed by atoms with Crippen LogP contribution in [0, 0.1) is 0 Å². The van der Waals surface area contributed by atoms with E-state index in [1.165, 1.54) is 15.6 Å². The van der Waals surface area contributed by atoms with Gasteiger partial charge in [0.25, 0.3) is 0 Å². The van der Waals surface area contributed by atoms with Crippen molar-refractivity contribution < 1.29 is 13.6 Å². The van der Waals surface area contributed by atoms with Gasteiger partial charge in [-0.05, 0) is 29.9 Å². The zero-order valence-electron chi connectivity index (χ0n) is 12.4. The average molecular weight is 348 g/mol. The fourth-order valence-electron chi connectivity index (χ4n) is 3.53. The number of sulfonamides is 1. The molecule has 1 fully saturated rings. The summed E-state index contributed by atoms with van der Waals surface area (Å²) in [6.07, 6.45) is 1.03. The van der Waals surface area contributed by atoms with E-state index in [-0.39, 0.29) is 5.91 Å². The summed E-state index contributed by atoms with van der Waals surface area (Å²) in [6, 6.07) is 9.32. The van der Waals surface area contributed by atoms with Gasteiger partial charge in [-0.15, -0.1) is 15.6 Å². The Bertz CT molecular complexity index is 795. The van der Waals surface area contributed by atoms with Crippen LogP contribution in [0.15, 0.2) is 46.0 Å². The molecule has 1 unspecified atom stereocenters. The van der Waals surface area contributed by atoms with Crippen LogP contribution in [0.1, 0.15) is 18.4 Å². The molecule has 1 N–H and O–H groups in total. The first-order chi connectivity index (χ1) is 11.0. The Kier molecular flexibility index (Phi) is 3.42. The second kappa shape index (κ2) is 5.24. The molecule has 1 atom stereocenters. The number of hydrogen-bond donors (Lipinski definition) is 1. The van der Waals surface area contributed by atoms with Crippen LogP contribution in [0.2, 0.25) is 0 Å². The van der Waals surface area contributed by atoms with Crippen LogP contribution < -0.4 is 5.32 Å². The zero-order valence-corrected chi connectivity index (χ0v) is 14.0. The summed E-state index contributed by atoms with van der Waals surface area (Å²) in [5, 5.41) is 6.35. The lowest BCUT2D eigenvalue weighted by atomic mass is 9.74. The number of carbonyl (C=O) groups excluding carboxylic acids is 1. The van der Waals surface area contributed by atoms with E-state index in [2.05, 4.69) is 5.32 Å². The summed E-state index contributed by atoms with van der Waals surface area (Å²) < 4.78 is 26.7. The Hall–Kier alpha value is -1.54. The van der Waals surface area contributed by atoms with Crippen molar-refractivity contribution >= 4 is 33.3 Å². The molecule has 1 saturated heterocycles. The fraction of sp³-hybridized carbons (Fsp3) is 0.312. The third kappa shape index (κ3) is 2.19.